The van der Waals surface area contributed by atoms with Crippen LogP contribution in [0.4, 0.5) is 0 Å². The lowest BCUT2D eigenvalue weighted by Gasteiger charge is -2.46. The Labute approximate surface area is 121 Å². The van der Waals surface area contributed by atoms with Gasteiger partial charge in [0.05, 0.1) is 0 Å². The zero-order chi connectivity index (χ0) is 14.4. The third kappa shape index (κ3) is 6.79. The van der Waals surface area contributed by atoms with Crippen LogP contribution in [0.15, 0.2) is 0 Å². The van der Waals surface area contributed by atoms with Crippen molar-refractivity contribution >= 4 is 0 Å². The normalized spacial score (nSPS) is 30.5. The van der Waals surface area contributed by atoms with Crippen molar-refractivity contribution in [2.24, 2.45) is 17.1 Å². The average molecular weight is 268 g/mol. The van der Waals surface area contributed by atoms with E-state index in [-0.39, 0.29) is 5.54 Å². The van der Waals surface area contributed by atoms with Crippen molar-refractivity contribution in [1.82, 2.24) is 0 Å². The van der Waals surface area contributed by atoms with E-state index in [1.165, 1.54) is 70.6 Å². The maximum Gasteiger partial charge on any atom is 0.0162 e. The van der Waals surface area contributed by atoms with Crippen molar-refractivity contribution in [3.63, 3.8) is 0 Å². The summed E-state index contributed by atoms with van der Waals surface area (Å²) in [5.41, 5.74) is 7.27. The van der Waals surface area contributed by atoms with E-state index < -0.39 is 0 Å². The van der Waals surface area contributed by atoms with Gasteiger partial charge in [0.1, 0.15) is 0 Å². The Hall–Kier alpha value is -0.0400. The summed E-state index contributed by atoms with van der Waals surface area (Å²) in [6.07, 6.45) is 14.8. The molecule has 0 aromatic carbocycles. The summed E-state index contributed by atoms with van der Waals surface area (Å²) in [5.74, 6) is 0.804. The van der Waals surface area contributed by atoms with E-state index in [0.717, 1.165) is 5.92 Å². The van der Waals surface area contributed by atoms with Crippen LogP contribution >= 0.6 is 0 Å². The Bertz CT molecular complexity index is 246. The van der Waals surface area contributed by atoms with Crippen molar-refractivity contribution in [2.75, 3.05) is 0 Å². The standard InChI is InChI=1S/C18H37N/c1-5-6-7-8-9-10-11-12-18(19)14-16(2)13-17(3,4)15-18/h16H,5-15,19H2,1-4H3. The summed E-state index contributed by atoms with van der Waals surface area (Å²) >= 11 is 0. The van der Waals surface area contributed by atoms with Crippen LogP contribution in [0.3, 0.4) is 0 Å². The van der Waals surface area contributed by atoms with E-state index in [4.69, 9.17) is 5.73 Å². The van der Waals surface area contributed by atoms with Gasteiger partial charge in [-0.15, -0.1) is 0 Å². The predicted octanol–water partition coefficient (Wildman–Crippen LogP) is 5.67. The molecule has 2 unspecified atom stereocenters. The number of hydrogen-bond acceptors (Lipinski definition) is 1. The molecule has 0 heterocycles. The van der Waals surface area contributed by atoms with Crippen molar-refractivity contribution in [3.05, 3.63) is 0 Å². The fraction of sp³-hybridized carbons (Fsp3) is 1.00. The van der Waals surface area contributed by atoms with Crippen LogP contribution in [0, 0.1) is 11.3 Å². The van der Waals surface area contributed by atoms with Crippen molar-refractivity contribution < 1.29 is 0 Å². The van der Waals surface area contributed by atoms with E-state index in [1.54, 1.807) is 0 Å². The van der Waals surface area contributed by atoms with Gasteiger partial charge >= 0.3 is 0 Å². The second kappa shape index (κ2) is 7.67. The second-order valence-corrected chi connectivity index (χ2v) is 8.09. The summed E-state index contributed by atoms with van der Waals surface area (Å²) in [7, 11) is 0. The van der Waals surface area contributed by atoms with E-state index in [0.29, 0.717) is 5.41 Å². The topological polar surface area (TPSA) is 26.0 Å². The summed E-state index contributed by atoms with van der Waals surface area (Å²) in [6, 6.07) is 0. The molecule has 1 fully saturated rings. The maximum absolute atomic E-state index is 6.69. The van der Waals surface area contributed by atoms with E-state index in [9.17, 15) is 0 Å². The molecule has 1 heteroatoms. The molecule has 0 aromatic rings. The fourth-order valence-corrected chi connectivity index (χ4v) is 4.43. The minimum Gasteiger partial charge on any atom is -0.325 e. The van der Waals surface area contributed by atoms with Crippen LogP contribution in [0.2, 0.25) is 0 Å². The van der Waals surface area contributed by atoms with Crippen LogP contribution in [0.25, 0.3) is 0 Å². The van der Waals surface area contributed by atoms with Crippen molar-refractivity contribution in [2.45, 2.75) is 104 Å². The van der Waals surface area contributed by atoms with Crippen LogP contribution in [-0.2, 0) is 0 Å². The molecule has 2 N–H and O–H groups in total. The van der Waals surface area contributed by atoms with Gasteiger partial charge in [-0.05, 0) is 37.0 Å². The monoisotopic (exact) mass is 267 g/mol. The van der Waals surface area contributed by atoms with Crippen molar-refractivity contribution in [1.29, 1.82) is 0 Å². The first kappa shape index (κ1) is 17.0. The first-order chi connectivity index (χ1) is 8.87. The molecular weight excluding hydrogens is 230 g/mol. The molecule has 0 spiro atoms. The van der Waals surface area contributed by atoms with Gasteiger partial charge in [-0.3, -0.25) is 0 Å². The predicted molar refractivity (Wildman–Crippen MR) is 86.3 cm³/mol. The molecular formula is C18H37N. The lowest BCUT2D eigenvalue weighted by Crippen LogP contribution is -2.49. The number of nitrogens with two attached hydrogens (primary N) is 1. The highest BCUT2D eigenvalue weighted by Gasteiger charge is 2.39. The highest BCUT2D eigenvalue weighted by Crippen LogP contribution is 2.44. The molecule has 19 heavy (non-hydrogen) atoms. The van der Waals surface area contributed by atoms with Crippen LogP contribution in [-0.4, -0.2) is 5.54 Å². The van der Waals surface area contributed by atoms with Gasteiger partial charge in [-0.2, -0.15) is 0 Å². The molecule has 0 aliphatic heterocycles. The smallest absolute Gasteiger partial charge is 0.0162 e. The summed E-state index contributed by atoms with van der Waals surface area (Å²) < 4.78 is 0. The van der Waals surface area contributed by atoms with Gasteiger partial charge in [0.25, 0.3) is 0 Å². The minimum atomic E-state index is 0.130. The quantitative estimate of drug-likeness (QED) is 0.563. The molecule has 0 amide bonds. The first-order valence-corrected chi connectivity index (χ1v) is 8.66. The average Bonchev–Trinajstić information content (AvgIpc) is 2.24. The molecule has 0 radical (unpaired) electrons. The maximum atomic E-state index is 6.69. The zero-order valence-electron chi connectivity index (χ0n) is 13.9. The fourth-order valence-electron chi connectivity index (χ4n) is 4.43. The molecule has 1 saturated carbocycles. The molecule has 114 valence electrons. The van der Waals surface area contributed by atoms with Gasteiger partial charge in [0, 0.05) is 5.54 Å². The molecule has 0 bridgehead atoms. The van der Waals surface area contributed by atoms with E-state index in [2.05, 4.69) is 27.7 Å². The Morgan fingerprint density at radius 3 is 2.11 bits per heavy atom. The second-order valence-electron chi connectivity index (χ2n) is 8.09. The molecule has 1 rings (SSSR count). The van der Waals surface area contributed by atoms with Gasteiger partial charge in [0.2, 0.25) is 0 Å². The van der Waals surface area contributed by atoms with E-state index in [1.807, 2.05) is 0 Å². The highest BCUT2D eigenvalue weighted by atomic mass is 14.8. The Balaban J connectivity index is 2.20. The lowest BCUT2D eigenvalue weighted by atomic mass is 9.63. The molecule has 1 aliphatic carbocycles. The largest absolute Gasteiger partial charge is 0.325 e. The number of rotatable bonds is 8. The van der Waals surface area contributed by atoms with Crippen LogP contribution in [0.1, 0.15) is 98.3 Å². The van der Waals surface area contributed by atoms with Gasteiger partial charge < -0.3 is 5.73 Å². The SMILES string of the molecule is CCCCCCCCCC1(N)CC(C)CC(C)(C)C1. The van der Waals surface area contributed by atoms with E-state index >= 15 is 0 Å². The number of hydrogen-bond donors (Lipinski definition) is 1. The highest BCUT2D eigenvalue weighted by molar-refractivity contribution is 4.96. The molecule has 0 saturated heterocycles. The first-order valence-electron chi connectivity index (χ1n) is 8.66. The molecule has 1 aliphatic rings. The van der Waals surface area contributed by atoms with Gasteiger partial charge in [0.15, 0.2) is 0 Å². The molecule has 1 nitrogen and oxygen atoms in total. The van der Waals surface area contributed by atoms with Crippen LogP contribution < -0.4 is 5.73 Å². The Morgan fingerprint density at radius 2 is 1.53 bits per heavy atom. The third-order valence-electron chi connectivity index (χ3n) is 4.76. The third-order valence-corrected chi connectivity index (χ3v) is 4.76. The van der Waals surface area contributed by atoms with Crippen molar-refractivity contribution in [3.8, 4) is 0 Å². The number of unbranched alkanes of at least 4 members (excludes halogenated alkanes) is 6. The minimum absolute atomic E-state index is 0.130. The summed E-state index contributed by atoms with van der Waals surface area (Å²) in [4.78, 5) is 0. The molecule has 2 atom stereocenters. The lowest BCUT2D eigenvalue weighted by molar-refractivity contribution is 0.100. The zero-order valence-corrected chi connectivity index (χ0v) is 13.9. The van der Waals surface area contributed by atoms with Gasteiger partial charge in [-0.1, -0.05) is 72.6 Å². The van der Waals surface area contributed by atoms with Crippen LogP contribution in [0.5, 0.6) is 0 Å². The summed E-state index contributed by atoms with van der Waals surface area (Å²) in [5, 5.41) is 0. The Morgan fingerprint density at radius 1 is 0.947 bits per heavy atom. The molecule has 0 aromatic heterocycles. The Kier molecular flexibility index (Phi) is 6.86. The summed E-state index contributed by atoms with van der Waals surface area (Å²) in [6.45, 7) is 9.46. The van der Waals surface area contributed by atoms with Gasteiger partial charge in [-0.25, -0.2) is 0 Å².